The lowest BCUT2D eigenvalue weighted by Crippen LogP contribution is -2.29. The maximum absolute atomic E-state index is 12.4. The summed E-state index contributed by atoms with van der Waals surface area (Å²) in [6, 6.07) is 1.64. The van der Waals surface area contributed by atoms with E-state index in [4.69, 9.17) is 4.42 Å². The monoisotopic (exact) mass is 286 g/mol. The van der Waals surface area contributed by atoms with Gasteiger partial charge in [0.1, 0.15) is 16.4 Å². The molecule has 0 aromatic carbocycles. The van der Waals surface area contributed by atoms with E-state index in [-0.39, 0.29) is 0 Å². The fraction of sp³-hybridized carbons (Fsp3) is 0.692. The van der Waals surface area contributed by atoms with Crippen molar-refractivity contribution in [3.63, 3.8) is 0 Å². The predicted octanol–water partition coefficient (Wildman–Crippen LogP) is 1.73. The van der Waals surface area contributed by atoms with E-state index in [1.165, 1.54) is 4.31 Å². The summed E-state index contributed by atoms with van der Waals surface area (Å²) in [5, 5.41) is 3.13. The Morgan fingerprint density at radius 2 is 2.16 bits per heavy atom. The molecule has 1 aliphatic carbocycles. The molecule has 0 unspecified atom stereocenters. The number of hydrogen-bond acceptors (Lipinski definition) is 4. The topological polar surface area (TPSA) is 62.6 Å². The SMILES string of the molecule is CCNCc1cc(S(=O)(=O)N(C)CC2CC2)c(C)o1. The highest BCUT2D eigenvalue weighted by Crippen LogP contribution is 2.31. The van der Waals surface area contributed by atoms with Gasteiger partial charge >= 0.3 is 0 Å². The molecule has 1 fully saturated rings. The van der Waals surface area contributed by atoms with Crippen molar-refractivity contribution in [1.82, 2.24) is 9.62 Å². The largest absolute Gasteiger partial charge is 0.464 e. The second kappa shape index (κ2) is 5.64. The molecule has 0 saturated heterocycles. The van der Waals surface area contributed by atoms with Crippen molar-refractivity contribution in [2.24, 2.45) is 5.92 Å². The van der Waals surface area contributed by atoms with Crippen molar-refractivity contribution < 1.29 is 12.8 Å². The van der Waals surface area contributed by atoms with Crippen LogP contribution in [-0.2, 0) is 16.6 Å². The zero-order valence-electron chi connectivity index (χ0n) is 11.8. The van der Waals surface area contributed by atoms with E-state index in [2.05, 4.69) is 5.32 Å². The molecule has 0 bridgehead atoms. The van der Waals surface area contributed by atoms with Crippen LogP contribution in [0, 0.1) is 12.8 Å². The first-order valence-corrected chi connectivity index (χ1v) is 8.15. The van der Waals surface area contributed by atoms with Crippen LogP contribution in [0.25, 0.3) is 0 Å². The lowest BCUT2D eigenvalue weighted by Gasteiger charge is -2.15. The van der Waals surface area contributed by atoms with Crippen molar-refractivity contribution in [3.8, 4) is 0 Å². The quantitative estimate of drug-likeness (QED) is 0.829. The van der Waals surface area contributed by atoms with Crippen LogP contribution in [0.4, 0.5) is 0 Å². The lowest BCUT2D eigenvalue weighted by molar-refractivity contribution is 0.443. The van der Waals surface area contributed by atoms with E-state index in [1.807, 2.05) is 6.92 Å². The highest BCUT2D eigenvalue weighted by molar-refractivity contribution is 7.89. The summed E-state index contributed by atoms with van der Waals surface area (Å²) in [6.07, 6.45) is 2.27. The van der Waals surface area contributed by atoms with Crippen LogP contribution in [0.1, 0.15) is 31.3 Å². The average Bonchev–Trinajstić information content (AvgIpc) is 3.08. The third kappa shape index (κ3) is 3.38. The Morgan fingerprint density at radius 1 is 1.47 bits per heavy atom. The molecule has 0 radical (unpaired) electrons. The number of aryl methyl sites for hydroxylation is 1. The summed E-state index contributed by atoms with van der Waals surface area (Å²) < 4.78 is 31.8. The molecule has 2 rings (SSSR count). The Kier molecular flexibility index (Phi) is 4.32. The fourth-order valence-corrected chi connectivity index (χ4v) is 3.47. The van der Waals surface area contributed by atoms with Gasteiger partial charge in [0.2, 0.25) is 10.0 Å². The van der Waals surface area contributed by atoms with Crippen molar-refractivity contribution in [3.05, 3.63) is 17.6 Å². The van der Waals surface area contributed by atoms with E-state index in [0.29, 0.717) is 35.4 Å². The molecule has 6 heteroatoms. The number of nitrogens with one attached hydrogen (secondary N) is 1. The van der Waals surface area contributed by atoms with Gasteiger partial charge in [-0.2, -0.15) is 0 Å². The number of sulfonamides is 1. The summed E-state index contributed by atoms with van der Waals surface area (Å²) in [7, 11) is -1.77. The van der Waals surface area contributed by atoms with E-state index in [9.17, 15) is 8.42 Å². The molecule has 0 spiro atoms. The molecular weight excluding hydrogens is 264 g/mol. The summed E-state index contributed by atoms with van der Waals surface area (Å²) in [5.41, 5.74) is 0. The van der Waals surface area contributed by atoms with Gasteiger partial charge in [0, 0.05) is 19.7 Å². The minimum atomic E-state index is -3.42. The summed E-state index contributed by atoms with van der Waals surface area (Å²) in [6.45, 7) is 5.68. The van der Waals surface area contributed by atoms with Gasteiger partial charge in [0.25, 0.3) is 0 Å². The van der Waals surface area contributed by atoms with Gasteiger partial charge in [-0.25, -0.2) is 12.7 Å². The molecule has 19 heavy (non-hydrogen) atoms. The molecule has 5 nitrogen and oxygen atoms in total. The maximum Gasteiger partial charge on any atom is 0.246 e. The third-order valence-electron chi connectivity index (χ3n) is 3.37. The Morgan fingerprint density at radius 3 is 2.74 bits per heavy atom. The smallest absolute Gasteiger partial charge is 0.246 e. The zero-order chi connectivity index (χ0) is 14.0. The standard InChI is InChI=1S/C13H22N2O3S/c1-4-14-8-12-7-13(10(2)18-12)19(16,17)15(3)9-11-5-6-11/h7,11,14H,4-6,8-9H2,1-3H3. The Hall–Kier alpha value is -0.850. The van der Waals surface area contributed by atoms with Gasteiger partial charge in [0.15, 0.2) is 0 Å². The molecule has 108 valence electrons. The second-order valence-corrected chi connectivity index (χ2v) is 7.16. The van der Waals surface area contributed by atoms with Crippen molar-refractivity contribution in [2.45, 2.75) is 38.1 Å². The summed E-state index contributed by atoms with van der Waals surface area (Å²) in [4.78, 5) is 0.295. The highest BCUT2D eigenvalue weighted by Gasteiger charge is 2.31. The first-order chi connectivity index (χ1) is 8.95. The Labute approximate surface area is 115 Å². The van der Waals surface area contributed by atoms with Crippen molar-refractivity contribution >= 4 is 10.0 Å². The normalized spacial score (nSPS) is 16.2. The van der Waals surface area contributed by atoms with Gasteiger partial charge in [0.05, 0.1) is 6.54 Å². The van der Waals surface area contributed by atoms with Crippen LogP contribution < -0.4 is 5.32 Å². The van der Waals surface area contributed by atoms with E-state index in [1.54, 1.807) is 20.0 Å². The van der Waals surface area contributed by atoms with Crippen LogP contribution in [-0.4, -0.2) is 32.9 Å². The molecule has 1 saturated carbocycles. The molecule has 0 amide bonds. The van der Waals surface area contributed by atoms with Crippen LogP contribution in [0.3, 0.4) is 0 Å². The summed E-state index contributed by atoms with van der Waals surface area (Å²) >= 11 is 0. The molecule has 0 aliphatic heterocycles. The highest BCUT2D eigenvalue weighted by atomic mass is 32.2. The Balaban J connectivity index is 2.16. The van der Waals surface area contributed by atoms with Gasteiger partial charge in [-0.1, -0.05) is 6.92 Å². The lowest BCUT2D eigenvalue weighted by atomic mass is 10.4. The van der Waals surface area contributed by atoms with Crippen LogP contribution in [0.15, 0.2) is 15.4 Å². The number of furan rings is 1. The molecule has 1 aromatic rings. The molecule has 1 N–H and O–H groups in total. The minimum absolute atomic E-state index is 0.295. The zero-order valence-corrected chi connectivity index (χ0v) is 12.6. The first kappa shape index (κ1) is 14.6. The van der Waals surface area contributed by atoms with Crippen molar-refractivity contribution in [2.75, 3.05) is 20.1 Å². The van der Waals surface area contributed by atoms with E-state index in [0.717, 1.165) is 19.4 Å². The molecule has 0 atom stereocenters. The summed E-state index contributed by atoms with van der Waals surface area (Å²) in [5.74, 6) is 1.67. The molecular formula is C13H22N2O3S. The molecule has 1 aliphatic rings. The molecule has 1 aromatic heterocycles. The van der Waals surface area contributed by atoms with E-state index < -0.39 is 10.0 Å². The number of rotatable bonds is 7. The average molecular weight is 286 g/mol. The first-order valence-electron chi connectivity index (χ1n) is 6.71. The van der Waals surface area contributed by atoms with Gasteiger partial charge in [-0.3, -0.25) is 0 Å². The van der Waals surface area contributed by atoms with Crippen LogP contribution in [0.2, 0.25) is 0 Å². The minimum Gasteiger partial charge on any atom is -0.464 e. The Bertz CT molecular complexity index is 532. The predicted molar refractivity (Wildman–Crippen MR) is 73.4 cm³/mol. The number of hydrogen-bond donors (Lipinski definition) is 1. The second-order valence-electron chi connectivity index (χ2n) is 5.14. The van der Waals surface area contributed by atoms with Gasteiger partial charge < -0.3 is 9.73 Å². The van der Waals surface area contributed by atoms with Gasteiger partial charge in [-0.05, 0) is 32.2 Å². The fourth-order valence-electron chi connectivity index (χ4n) is 2.05. The molecule has 1 heterocycles. The third-order valence-corrected chi connectivity index (χ3v) is 5.30. The number of nitrogens with zero attached hydrogens (tertiary/aromatic N) is 1. The maximum atomic E-state index is 12.4. The van der Waals surface area contributed by atoms with Crippen LogP contribution >= 0.6 is 0 Å². The van der Waals surface area contributed by atoms with Gasteiger partial charge in [-0.15, -0.1) is 0 Å². The van der Waals surface area contributed by atoms with Crippen molar-refractivity contribution in [1.29, 1.82) is 0 Å². The van der Waals surface area contributed by atoms with Crippen LogP contribution in [0.5, 0.6) is 0 Å². The van der Waals surface area contributed by atoms with E-state index >= 15 is 0 Å².